The molecule has 0 aliphatic carbocycles. The van der Waals surface area contributed by atoms with Crippen molar-refractivity contribution in [3.8, 4) is 5.75 Å². The van der Waals surface area contributed by atoms with Crippen molar-refractivity contribution >= 4 is 0 Å². The summed E-state index contributed by atoms with van der Waals surface area (Å²) in [7, 11) is 0. The number of hydrogen-bond acceptors (Lipinski definition) is 3. The van der Waals surface area contributed by atoms with E-state index in [0.717, 1.165) is 11.3 Å². The lowest BCUT2D eigenvalue weighted by atomic mass is 10.1. The fraction of sp³-hybridized carbons (Fsp3) is 0.500. The highest BCUT2D eigenvalue weighted by atomic mass is 16.5. The fourth-order valence-electron chi connectivity index (χ4n) is 1.02. The van der Waals surface area contributed by atoms with Gasteiger partial charge in [0.15, 0.2) is 0 Å². The molecule has 0 amide bonds. The number of hydrogen-bond donors (Lipinski definition) is 1. The lowest BCUT2D eigenvalue weighted by Gasteiger charge is -2.11. The number of rotatable bonds is 3. The zero-order valence-electron chi connectivity index (χ0n) is 8.32. The molecule has 3 nitrogen and oxygen atoms in total. The third-order valence-corrected chi connectivity index (χ3v) is 1.63. The minimum atomic E-state index is 0.00297. The molecule has 0 aromatic carbocycles. The summed E-state index contributed by atoms with van der Waals surface area (Å²) in [6, 6.07) is 1.93. The molecule has 0 spiro atoms. The molecule has 0 fully saturated rings. The molecule has 0 bridgehead atoms. The largest absolute Gasteiger partial charge is 0.489 e. The molecule has 2 N–H and O–H groups in total. The quantitative estimate of drug-likeness (QED) is 0.772. The summed E-state index contributed by atoms with van der Waals surface area (Å²) >= 11 is 0. The van der Waals surface area contributed by atoms with Gasteiger partial charge in [-0.25, -0.2) is 0 Å². The Labute approximate surface area is 78.9 Å². The normalized spacial score (nSPS) is 13.0. The van der Waals surface area contributed by atoms with Gasteiger partial charge in [-0.15, -0.1) is 0 Å². The third-order valence-electron chi connectivity index (χ3n) is 1.63. The molecular formula is C10H16N2O. The Morgan fingerprint density at radius 1 is 1.31 bits per heavy atom. The van der Waals surface area contributed by atoms with E-state index >= 15 is 0 Å². The Balaban J connectivity index is 2.79. The summed E-state index contributed by atoms with van der Waals surface area (Å²) < 4.78 is 5.49. The summed E-state index contributed by atoms with van der Waals surface area (Å²) in [4.78, 5) is 4.05. The van der Waals surface area contributed by atoms with E-state index in [9.17, 15) is 0 Å². The van der Waals surface area contributed by atoms with Crippen LogP contribution < -0.4 is 10.5 Å². The highest BCUT2D eigenvalue weighted by Gasteiger charge is 2.02. The molecule has 1 heterocycles. The van der Waals surface area contributed by atoms with E-state index in [1.165, 1.54) is 0 Å². The molecule has 0 radical (unpaired) electrons. The van der Waals surface area contributed by atoms with Gasteiger partial charge in [0.05, 0.1) is 12.3 Å². The van der Waals surface area contributed by atoms with Gasteiger partial charge in [0, 0.05) is 12.2 Å². The number of nitrogens with two attached hydrogens (primary N) is 1. The first kappa shape index (κ1) is 9.99. The second-order valence-electron chi connectivity index (χ2n) is 3.41. The maximum absolute atomic E-state index is 5.72. The lowest BCUT2D eigenvalue weighted by molar-refractivity contribution is 0.241. The van der Waals surface area contributed by atoms with Crippen LogP contribution in [0.5, 0.6) is 5.75 Å². The van der Waals surface area contributed by atoms with Crippen molar-refractivity contribution in [1.82, 2.24) is 4.98 Å². The second kappa shape index (κ2) is 4.23. The van der Waals surface area contributed by atoms with Crippen LogP contribution in [0.1, 0.15) is 32.4 Å². The van der Waals surface area contributed by atoms with E-state index in [0.29, 0.717) is 0 Å². The lowest BCUT2D eigenvalue weighted by Crippen LogP contribution is -2.08. The van der Waals surface area contributed by atoms with Gasteiger partial charge >= 0.3 is 0 Å². The minimum absolute atomic E-state index is 0.00297. The topological polar surface area (TPSA) is 48.1 Å². The third kappa shape index (κ3) is 3.03. The van der Waals surface area contributed by atoms with Crippen molar-refractivity contribution in [3.63, 3.8) is 0 Å². The summed E-state index contributed by atoms with van der Waals surface area (Å²) in [6.07, 6.45) is 3.63. The Kier molecular flexibility index (Phi) is 3.25. The van der Waals surface area contributed by atoms with Crippen LogP contribution in [-0.4, -0.2) is 11.1 Å². The Morgan fingerprint density at radius 3 is 2.54 bits per heavy atom. The van der Waals surface area contributed by atoms with Crippen molar-refractivity contribution in [2.75, 3.05) is 0 Å². The SMILES string of the molecule is CC(C)Oc1cncc(C(C)N)c1. The smallest absolute Gasteiger partial charge is 0.138 e. The fourth-order valence-corrected chi connectivity index (χ4v) is 1.02. The van der Waals surface area contributed by atoms with E-state index in [2.05, 4.69) is 4.98 Å². The zero-order valence-corrected chi connectivity index (χ0v) is 8.32. The maximum Gasteiger partial charge on any atom is 0.138 e. The standard InChI is InChI=1S/C10H16N2O/c1-7(2)13-10-4-9(8(3)11)5-12-6-10/h4-8H,11H2,1-3H3. The molecule has 0 saturated heterocycles. The molecular weight excluding hydrogens is 164 g/mol. The monoisotopic (exact) mass is 180 g/mol. The number of ether oxygens (including phenoxy) is 1. The van der Waals surface area contributed by atoms with E-state index in [-0.39, 0.29) is 12.1 Å². The molecule has 1 aromatic rings. The van der Waals surface area contributed by atoms with Crippen LogP contribution >= 0.6 is 0 Å². The van der Waals surface area contributed by atoms with Crippen LogP contribution in [0.4, 0.5) is 0 Å². The van der Waals surface area contributed by atoms with Crippen molar-refractivity contribution in [2.45, 2.75) is 32.9 Å². The van der Waals surface area contributed by atoms with Crippen molar-refractivity contribution < 1.29 is 4.74 Å². The van der Waals surface area contributed by atoms with Crippen LogP contribution in [-0.2, 0) is 0 Å². The maximum atomic E-state index is 5.72. The molecule has 13 heavy (non-hydrogen) atoms. The predicted molar refractivity (Wildman–Crippen MR) is 52.6 cm³/mol. The predicted octanol–water partition coefficient (Wildman–Crippen LogP) is 1.89. The van der Waals surface area contributed by atoms with Gasteiger partial charge in [-0.3, -0.25) is 4.98 Å². The second-order valence-corrected chi connectivity index (χ2v) is 3.41. The minimum Gasteiger partial charge on any atom is -0.489 e. The highest BCUT2D eigenvalue weighted by molar-refractivity contribution is 5.25. The summed E-state index contributed by atoms with van der Waals surface area (Å²) in [5, 5.41) is 0. The van der Waals surface area contributed by atoms with Crippen LogP contribution in [0.15, 0.2) is 18.5 Å². The average Bonchev–Trinajstić information content (AvgIpc) is 2.03. The van der Waals surface area contributed by atoms with Gasteiger partial charge in [-0.1, -0.05) is 0 Å². The summed E-state index contributed by atoms with van der Waals surface area (Å²) in [6.45, 7) is 5.90. The highest BCUT2D eigenvalue weighted by Crippen LogP contribution is 2.16. The molecule has 72 valence electrons. The Hall–Kier alpha value is -1.09. The first-order valence-electron chi connectivity index (χ1n) is 4.46. The van der Waals surface area contributed by atoms with Gasteiger partial charge in [0.2, 0.25) is 0 Å². The Bertz CT molecular complexity index is 271. The summed E-state index contributed by atoms with van der Waals surface area (Å²) in [5.41, 5.74) is 6.72. The average molecular weight is 180 g/mol. The first-order chi connectivity index (χ1) is 6.09. The molecule has 3 heteroatoms. The van der Waals surface area contributed by atoms with Gasteiger partial charge in [0.1, 0.15) is 5.75 Å². The van der Waals surface area contributed by atoms with Crippen LogP contribution in [0.25, 0.3) is 0 Å². The number of nitrogens with zero attached hydrogens (tertiary/aromatic N) is 1. The van der Waals surface area contributed by atoms with Gasteiger partial charge in [0.25, 0.3) is 0 Å². The molecule has 1 unspecified atom stereocenters. The number of aromatic nitrogens is 1. The van der Waals surface area contributed by atoms with Crippen LogP contribution in [0.2, 0.25) is 0 Å². The van der Waals surface area contributed by atoms with Crippen LogP contribution in [0.3, 0.4) is 0 Å². The van der Waals surface area contributed by atoms with Gasteiger partial charge in [-0.2, -0.15) is 0 Å². The first-order valence-corrected chi connectivity index (χ1v) is 4.46. The molecule has 0 aliphatic rings. The number of pyridine rings is 1. The van der Waals surface area contributed by atoms with E-state index in [4.69, 9.17) is 10.5 Å². The molecule has 1 aromatic heterocycles. The van der Waals surface area contributed by atoms with Crippen molar-refractivity contribution in [1.29, 1.82) is 0 Å². The molecule has 0 aliphatic heterocycles. The summed E-state index contributed by atoms with van der Waals surface area (Å²) in [5.74, 6) is 0.782. The van der Waals surface area contributed by atoms with Crippen molar-refractivity contribution in [3.05, 3.63) is 24.0 Å². The van der Waals surface area contributed by atoms with E-state index in [1.807, 2.05) is 26.8 Å². The molecule has 0 saturated carbocycles. The van der Waals surface area contributed by atoms with Gasteiger partial charge in [-0.05, 0) is 32.4 Å². The molecule has 1 atom stereocenters. The van der Waals surface area contributed by atoms with Crippen LogP contribution in [0, 0.1) is 0 Å². The molecule has 1 rings (SSSR count). The van der Waals surface area contributed by atoms with E-state index < -0.39 is 0 Å². The van der Waals surface area contributed by atoms with Crippen molar-refractivity contribution in [2.24, 2.45) is 5.73 Å². The van der Waals surface area contributed by atoms with E-state index in [1.54, 1.807) is 12.4 Å². The zero-order chi connectivity index (χ0) is 9.84. The Morgan fingerprint density at radius 2 is 2.00 bits per heavy atom. The van der Waals surface area contributed by atoms with Gasteiger partial charge < -0.3 is 10.5 Å².